The highest BCUT2D eigenvalue weighted by molar-refractivity contribution is 5.85. The highest BCUT2D eigenvalue weighted by Gasteiger charge is 2.20. The minimum Gasteiger partial charge on any atom is -0.478 e. The van der Waals surface area contributed by atoms with Gasteiger partial charge in [-0.2, -0.15) is 0 Å². The first-order chi connectivity index (χ1) is 9.56. The van der Waals surface area contributed by atoms with Crippen LogP contribution in [0, 0.1) is 5.82 Å². The summed E-state index contributed by atoms with van der Waals surface area (Å²) >= 11 is 0. The van der Waals surface area contributed by atoms with Gasteiger partial charge in [-0.3, -0.25) is 4.90 Å². The molecule has 1 atom stereocenters. The number of aliphatic carboxylic acids is 1. The third-order valence-corrected chi connectivity index (χ3v) is 3.43. The number of hydrogen-bond acceptors (Lipinski definition) is 3. The van der Waals surface area contributed by atoms with E-state index in [4.69, 9.17) is 9.84 Å². The average Bonchev–Trinajstić information content (AvgIpc) is 2.93. The maximum atomic E-state index is 13.6. The normalized spacial score (nSPS) is 19.1. The van der Waals surface area contributed by atoms with Gasteiger partial charge in [-0.25, -0.2) is 9.18 Å². The molecule has 4 nitrogen and oxygen atoms in total. The molecule has 2 rings (SSSR count). The summed E-state index contributed by atoms with van der Waals surface area (Å²) in [4.78, 5) is 12.7. The molecular weight excluding hydrogens is 261 g/mol. The van der Waals surface area contributed by atoms with Crippen LogP contribution in [0.15, 0.2) is 24.3 Å². The number of rotatable bonds is 5. The Hall–Kier alpha value is -1.72. The van der Waals surface area contributed by atoms with Crippen LogP contribution in [0.3, 0.4) is 0 Å². The Kier molecular flexibility index (Phi) is 4.87. The van der Waals surface area contributed by atoms with Crippen LogP contribution in [0.25, 0.3) is 6.08 Å². The van der Waals surface area contributed by atoms with E-state index in [9.17, 15) is 9.18 Å². The van der Waals surface area contributed by atoms with E-state index in [1.54, 1.807) is 12.1 Å². The molecular formula is C15H18FNO3. The molecule has 1 unspecified atom stereocenters. The van der Waals surface area contributed by atoms with Crippen molar-refractivity contribution in [2.24, 2.45) is 0 Å². The van der Waals surface area contributed by atoms with Gasteiger partial charge in [0.05, 0.1) is 6.61 Å². The molecule has 1 aromatic carbocycles. The molecule has 0 amide bonds. The summed E-state index contributed by atoms with van der Waals surface area (Å²) in [5.41, 5.74) is 1.24. The molecule has 0 radical (unpaired) electrons. The second kappa shape index (κ2) is 6.63. The predicted molar refractivity (Wildman–Crippen MR) is 73.8 cm³/mol. The van der Waals surface area contributed by atoms with Crippen molar-refractivity contribution in [3.05, 3.63) is 41.2 Å². The molecule has 20 heavy (non-hydrogen) atoms. The van der Waals surface area contributed by atoms with Crippen LogP contribution in [0.1, 0.15) is 17.5 Å². The minimum atomic E-state index is -1.09. The maximum absolute atomic E-state index is 13.6. The molecule has 0 bridgehead atoms. The van der Waals surface area contributed by atoms with Gasteiger partial charge in [0, 0.05) is 30.8 Å². The lowest BCUT2D eigenvalue weighted by Crippen LogP contribution is -2.31. The fourth-order valence-electron chi connectivity index (χ4n) is 2.27. The van der Waals surface area contributed by atoms with Gasteiger partial charge in [0.1, 0.15) is 5.82 Å². The molecule has 108 valence electrons. The monoisotopic (exact) mass is 279 g/mol. The summed E-state index contributed by atoms with van der Waals surface area (Å²) in [6.07, 6.45) is 3.22. The van der Waals surface area contributed by atoms with Gasteiger partial charge in [-0.15, -0.1) is 0 Å². The van der Waals surface area contributed by atoms with Crippen molar-refractivity contribution < 1.29 is 19.0 Å². The summed E-state index contributed by atoms with van der Waals surface area (Å²) in [5, 5.41) is 8.59. The van der Waals surface area contributed by atoms with E-state index in [0.717, 1.165) is 31.3 Å². The summed E-state index contributed by atoms with van der Waals surface area (Å²) < 4.78 is 18.9. The van der Waals surface area contributed by atoms with Crippen LogP contribution < -0.4 is 0 Å². The maximum Gasteiger partial charge on any atom is 0.328 e. The van der Waals surface area contributed by atoms with E-state index >= 15 is 0 Å². The number of hydrogen-bond donors (Lipinski definition) is 1. The van der Waals surface area contributed by atoms with Crippen LogP contribution >= 0.6 is 0 Å². The number of halogens is 1. The van der Waals surface area contributed by atoms with Crippen molar-refractivity contribution in [3.63, 3.8) is 0 Å². The molecule has 5 heteroatoms. The van der Waals surface area contributed by atoms with Crippen molar-refractivity contribution in [1.29, 1.82) is 0 Å². The number of carboxylic acid groups (broad SMARTS) is 1. The van der Waals surface area contributed by atoms with E-state index in [1.165, 1.54) is 12.1 Å². The number of carboxylic acids is 1. The Bertz CT molecular complexity index is 510. The molecule has 0 aromatic heterocycles. The Labute approximate surface area is 117 Å². The minimum absolute atomic E-state index is 0.293. The molecule has 0 saturated carbocycles. The molecule has 1 saturated heterocycles. The van der Waals surface area contributed by atoms with Crippen LogP contribution in [0.4, 0.5) is 4.39 Å². The largest absolute Gasteiger partial charge is 0.478 e. The number of carbonyl (C=O) groups is 1. The topological polar surface area (TPSA) is 49.8 Å². The predicted octanol–water partition coefficient (Wildman–Crippen LogP) is 2.14. The summed E-state index contributed by atoms with van der Waals surface area (Å²) in [5.74, 6) is -1.51. The highest BCUT2D eigenvalue weighted by Crippen LogP contribution is 2.17. The van der Waals surface area contributed by atoms with Crippen molar-refractivity contribution in [2.75, 3.05) is 20.3 Å². The van der Waals surface area contributed by atoms with E-state index in [1.807, 2.05) is 7.05 Å². The first kappa shape index (κ1) is 14.7. The SMILES string of the molecule is CN(Cc1ccc(F)c(/C=C/C(=O)O)c1)C1CCOC1. The smallest absolute Gasteiger partial charge is 0.328 e. The Morgan fingerprint density at radius 1 is 1.60 bits per heavy atom. The first-order valence-electron chi connectivity index (χ1n) is 6.53. The van der Waals surface area contributed by atoms with E-state index in [2.05, 4.69) is 4.90 Å². The van der Waals surface area contributed by atoms with Crippen LogP contribution in [-0.2, 0) is 16.1 Å². The molecule has 0 aliphatic carbocycles. The van der Waals surface area contributed by atoms with Crippen LogP contribution in [0.5, 0.6) is 0 Å². The molecule has 1 N–H and O–H groups in total. The fraction of sp³-hybridized carbons (Fsp3) is 0.400. The zero-order valence-corrected chi connectivity index (χ0v) is 11.4. The van der Waals surface area contributed by atoms with Crippen molar-refractivity contribution >= 4 is 12.0 Å². The summed E-state index contributed by atoms with van der Waals surface area (Å²) in [7, 11) is 2.01. The Morgan fingerprint density at radius 3 is 3.05 bits per heavy atom. The Balaban J connectivity index is 2.08. The van der Waals surface area contributed by atoms with Gasteiger partial charge in [-0.05, 0) is 37.2 Å². The first-order valence-corrected chi connectivity index (χ1v) is 6.53. The highest BCUT2D eigenvalue weighted by atomic mass is 19.1. The fourth-order valence-corrected chi connectivity index (χ4v) is 2.27. The zero-order valence-electron chi connectivity index (χ0n) is 11.4. The van der Waals surface area contributed by atoms with Crippen LogP contribution in [0.2, 0.25) is 0 Å². The van der Waals surface area contributed by atoms with Crippen molar-refractivity contribution in [1.82, 2.24) is 4.90 Å². The summed E-state index contributed by atoms with van der Waals surface area (Å²) in [6, 6.07) is 5.16. The van der Waals surface area contributed by atoms with Crippen molar-refractivity contribution in [3.8, 4) is 0 Å². The van der Waals surface area contributed by atoms with E-state index < -0.39 is 11.8 Å². The van der Waals surface area contributed by atoms with Gasteiger partial charge < -0.3 is 9.84 Å². The standard InChI is InChI=1S/C15H18FNO3/c1-17(13-6-7-20-10-13)9-11-2-4-14(16)12(8-11)3-5-15(18)19/h2-5,8,13H,6-7,9-10H2,1H3,(H,18,19)/b5-3+. The molecule has 1 heterocycles. The zero-order chi connectivity index (χ0) is 14.5. The third kappa shape index (κ3) is 3.88. The summed E-state index contributed by atoms with van der Waals surface area (Å²) in [6.45, 7) is 2.19. The lowest BCUT2D eigenvalue weighted by Gasteiger charge is -2.23. The second-order valence-corrected chi connectivity index (χ2v) is 4.96. The number of benzene rings is 1. The lowest BCUT2D eigenvalue weighted by molar-refractivity contribution is -0.131. The lowest BCUT2D eigenvalue weighted by atomic mass is 10.1. The third-order valence-electron chi connectivity index (χ3n) is 3.43. The number of ether oxygens (including phenoxy) is 1. The van der Waals surface area contributed by atoms with Gasteiger partial charge in [0.25, 0.3) is 0 Å². The van der Waals surface area contributed by atoms with Gasteiger partial charge in [0.15, 0.2) is 0 Å². The quantitative estimate of drug-likeness (QED) is 0.839. The average molecular weight is 279 g/mol. The van der Waals surface area contributed by atoms with Crippen molar-refractivity contribution in [2.45, 2.75) is 19.0 Å². The van der Waals surface area contributed by atoms with Gasteiger partial charge in [-0.1, -0.05) is 6.07 Å². The molecule has 1 aliphatic heterocycles. The van der Waals surface area contributed by atoms with Crippen LogP contribution in [-0.4, -0.2) is 42.3 Å². The van der Waals surface area contributed by atoms with E-state index in [-0.39, 0.29) is 0 Å². The molecule has 1 fully saturated rings. The molecule has 1 aliphatic rings. The van der Waals surface area contributed by atoms with E-state index in [0.29, 0.717) is 18.2 Å². The molecule has 0 spiro atoms. The number of likely N-dealkylation sites (N-methyl/N-ethyl adjacent to an activating group) is 1. The molecule has 1 aromatic rings. The Morgan fingerprint density at radius 2 is 2.40 bits per heavy atom. The second-order valence-electron chi connectivity index (χ2n) is 4.96. The number of nitrogens with zero attached hydrogens (tertiary/aromatic N) is 1. The van der Waals surface area contributed by atoms with Gasteiger partial charge >= 0.3 is 5.97 Å². The van der Waals surface area contributed by atoms with Gasteiger partial charge in [0.2, 0.25) is 0 Å².